The summed E-state index contributed by atoms with van der Waals surface area (Å²) in [5.41, 5.74) is 0.546. The fraction of sp³-hybridized carbons (Fsp3) is 0.222. The summed E-state index contributed by atoms with van der Waals surface area (Å²) in [6, 6.07) is 3.63. The van der Waals surface area contributed by atoms with Gasteiger partial charge in [0.05, 0.1) is 5.69 Å². The van der Waals surface area contributed by atoms with Crippen LogP contribution in [-0.2, 0) is 6.42 Å². The van der Waals surface area contributed by atoms with Gasteiger partial charge in [0.1, 0.15) is 5.82 Å². The molecule has 14 heavy (non-hydrogen) atoms. The molecule has 2 aromatic rings. The van der Waals surface area contributed by atoms with E-state index in [1.165, 1.54) is 0 Å². The van der Waals surface area contributed by atoms with E-state index in [1.807, 2.05) is 19.1 Å². The molecular formula is C9H10N4O. The summed E-state index contributed by atoms with van der Waals surface area (Å²) in [5.74, 6) is 0.723. The van der Waals surface area contributed by atoms with Gasteiger partial charge in [0.25, 0.3) is 0 Å². The summed E-state index contributed by atoms with van der Waals surface area (Å²) >= 11 is 0. The highest BCUT2D eigenvalue weighted by molar-refractivity contribution is 5.28. The zero-order chi connectivity index (χ0) is 9.97. The molecule has 0 atom stereocenters. The molecule has 0 aliphatic rings. The SMILES string of the molecule is CCc1nc(=O)[nH]n1-c1ccncc1. The minimum Gasteiger partial charge on any atom is -0.265 e. The Kier molecular flexibility index (Phi) is 2.14. The Morgan fingerprint density at radius 2 is 2.14 bits per heavy atom. The number of rotatable bonds is 2. The second-order valence-corrected chi connectivity index (χ2v) is 2.84. The Morgan fingerprint density at radius 1 is 1.43 bits per heavy atom. The highest BCUT2D eigenvalue weighted by Crippen LogP contribution is 2.04. The zero-order valence-electron chi connectivity index (χ0n) is 7.77. The predicted octanol–water partition coefficient (Wildman–Crippen LogP) is 0.518. The third-order valence-electron chi connectivity index (χ3n) is 1.93. The van der Waals surface area contributed by atoms with Crippen LogP contribution in [0.5, 0.6) is 0 Å². The van der Waals surface area contributed by atoms with Gasteiger partial charge in [-0.3, -0.25) is 4.98 Å². The van der Waals surface area contributed by atoms with Crippen molar-refractivity contribution >= 4 is 0 Å². The Morgan fingerprint density at radius 3 is 2.79 bits per heavy atom. The second kappa shape index (κ2) is 3.45. The van der Waals surface area contributed by atoms with Crippen LogP contribution in [0.25, 0.3) is 5.69 Å². The number of aromatic nitrogens is 4. The van der Waals surface area contributed by atoms with Gasteiger partial charge in [-0.25, -0.2) is 14.6 Å². The van der Waals surface area contributed by atoms with Crippen LogP contribution >= 0.6 is 0 Å². The third kappa shape index (κ3) is 1.44. The molecule has 0 saturated heterocycles. The lowest BCUT2D eigenvalue weighted by molar-refractivity contribution is 0.795. The van der Waals surface area contributed by atoms with Gasteiger partial charge in [0.2, 0.25) is 0 Å². The number of hydrogen-bond acceptors (Lipinski definition) is 3. The molecule has 0 fully saturated rings. The van der Waals surface area contributed by atoms with Crippen molar-refractivity contribution in [2.75, 3.05) is 0 Å². The summed E-state index contributed by atoms with van der Waals surface area (Å²) < 4.78 is 1.67. The number of aromatic amines is 1. The maximum atomic E-state index is 11.0. The van der Waals surface area contributed by atoms with Crippen LogP contribution in [0.4, 0.5) is 0 Å². The van der Waals surface area contributed by atoms with Gasteiger partial charge in [0.15, 0.2) is 0 Å². The van der Waals surface area contributed by atoms with Gasteiger partial charge < -0.3 is 0 Å². The summed E-state index contributed by atoms with van der Waals surface area (Å²) in [6.07, 6.45) is 4.06. The van der Waals surface area contributed by atoms with Crippen LogP contribution in [0.15, 0.2) is 29.3 Å². The molecule has 2 rings (SSSR count). The molecule has 0 aromatic carbocycles. The first kappa shape index (κ1) is 8.68. The summed E-state index contributed by atoms with van der Waals surface area (Å²) in [5, 5.41) is 2.63. The van der Waals surface area contributed by atoms with Crippen LogP contribution in [0, 0.1) is 0 Å². The lowest BCUT2D eigenvalue weighted by Crippen LogP contribution is -2.05. The number of aryl methyl sites for hydroxylation is 1. The number of H-pyrrole nitrogens is 1. The van der Waals surface area contributed by atoms with Crippen molar-refractivity contribution in [3.05, 3.63) is 40.8 Å². The maximum Gasteiger partial charge on any atom is 0.361 e. The largest absolute Gasteiger partial charge is 0.361 e. The van der Waals surface area contributed by atoms with Crippen molar-refractivity contribution in [1.29, 1.82) is 0 Å². The molecule has 5 heteroatoms. The first-order valence-electron chi connectivity index (χ1n) is 4.39. The molecule has 72 valence electrons. The van der Waals surface area contributed by atoms with Gasteiger partial charge >= 0.3 is 5.69 Å². The van der Waals surface area contributed by atoms with E-state index < -0.39 is 0 Å². The van der Waals surface area contributed by atoms with Crippen molar-refractivity contribution in [3.8, 4) is 5.69 Å². The van der Waals surface area contributed by atoms with Crippen LogP contribution < -0.4 is 5.69 Å². The molecule has 0 amide bonds. The predicted molar refractivity (Wildman–Crippen MR) is 51.4 cm³/mol. The average Bonchev–Trinajstić information content (AvgIpc) is 2.61. The third-order valence-corrected chi connectivity index (χ3v) is 1.93. The van der Waals surface area contributed by atoms with E-state index in [1.54, 1.807) is 17.1 Å². The summed E-state index contributed by atoms with van der Waals surface area (Å²) in [7, 11) is 0. The minimum atomic E-state index is -0.321. The van der Waals surface area contributed by atoms with Crippen molar-refractivity contribution in [1.82, 2.24) is 19.7 Å². The standard InChI is InChI=1S/C9H10N4O/c1-2-8-11-9(14)12-13(8)7-3-5-10-6-4-7/h3-6H,2H2,1H3,(H,12,14). The van der Waals surface area contributed by atoms with Crippen molar-refractivity contribution in [3.63, 3.8) is 0 Å². The van der Waals surface area contributed by atoms with E-state index >= 15 is 0 Å². The molecule has 5 nitrogen and oxygen atoms in total. The monoisotopic (exact) mass is 190 g/mol. The van der Waals surface area contributed by atoms with Gasteiger partial charge in [-0.05, 0) is 12.1 Å². The molecule has 1 N–H and O–H groups in total. The van der Waals surface area contributed by atoms with E-state index in [0.29, 0.717) is 6.42 Å². The minimum absolute atomic E-state index is 0.321. The first-order valence-corrected chi connectivity index (χ1v) is 4.39. The molecular weight excluding hydrogens is 180 g/mol. The maximum absolute atomic E-state index is 11.0. The second-order valence-electron chi connectivity index (χ2n) is 2.84. The van der Waals surface area contributed by atoms with Crippen LogP contribution in [0.2, 0.25) is 0 Å². The highest BCUT2D eigenvalue weighted by atomic mass is 16.1. The average molecular weight is 190 g/mol. The zero-order valence-corrected chi connectivity index (χ0v) is 7.77. The van der Waals surface area contributed by atoms with Gasteiger partial charge in [-0.2, -0.15) is 4.98 Å². The molecule has 0 saturated carbocycles. The lowest BCUT2D eigenvalue weighted by atomic mass is 10.4. The van der Waals surface area contributed by atoms with E-state index in [4.69, 9.17) is 0 Å². The Labute approximate surface area is 80.4 Å². The smallest absolute Gasteiger partial charge is 0.265 e. The van der Waals surface area contributed by atoms with Gasteiger partial charge in [-0.1, -0.05) is 6.92 Å². The lowest BCUT2D eigenvalue weighted by Gasteiger charge is -2.03. The normalized spacial score (nSPS) is 10.4. The van der Waals surface area contributed by atoms with Crippen molar-refractivity contribution in [2.45, 2.75) is 13.3 Å². The number of hydrogen-bond donors (Lipinski definition) is 1. The van der Waals surface area contributed by atoms with Gasteiger partial charge in [0, 0.05) is 18.8 Å². The molecule has 0 bridgehead atoms. The summed E-state index contributed by atoms with van der Waals surface area (Å²) in [6.45, 7) is 1.95. The molecule has 0 spiro atoms. The first-order chi connectivity index (χ1) is 6.81. The van der Waals surface area contributed by atoms with Crippen LogP contribution in [0.3, 0.4) is 0 Å². The number of nitrogens with zero attached hydrogens (tertiary/aromatic N) is 3. The Hall–Kier alpha value is -1.91. The molecule has 2 heterocycles. The van der Waals surface area contributed by atoms with Crippen LogP contribution in [-0.4, -0.2) is 19.7 Å². The molecule has 0 aliphatic heterocycles. The topological polar surface area (TPSA) is 63.6 Å². The molecule has 0 aliphatic carbocycles. The summed E-state index contributed by atoms with van der Waals surface area (Å²) in [4.78, 5) is 18.8. The molecule has 0 radical (unpaired) electrons. The Bertz CT molecular complexity index is 471. The van der Waals surface area contributed by atoms with Gasteiger partial charge in [-0.15, -0.1) is 0 Å². The van der Waals surface area contributed by atoms with Crippen molar-refractivity contribution < 1.29 is 0 Å². The quantitative estimate of drug-likeness (QED) is 0.750. The fourth-order valence-electron chi connectivity index (χ4n) is 1.30. The number of nitrogens with one attached hydrogen (secondary N) is 1. The Balaban J connectivity index is 2.56. The number of pyridine rings is 1. The fourth-order valence-corrected chi connectivity index (χ4v) is 1.30. The van der Waals surface area contributed by atoms with E-state index in [2.05, 4.69) is 15.1 Å². The highest BCUT2D eigenvalue weighted by Gasteiger charge is 2.04. The van der Waals surface area contributed by atoms with E-state index in [0.717, 1.165) is 11.5 Å². The molecule has 0 unspecified atom stereocenters. The van der Waals surface area contributed by atoms with E-state index in [9.17, 15) is 4.79 Å². The molecule has 2 aromatic heterocycles. The van der Waals surface area contributed by atoms with E-state index in [-0.39, 0.29) is 5.69 Å². The van der Waals surface area contributed by atoms with Crippen LogP contribution in [0.1, 0.15) is 12.7 Å². The van der Waals surface area contributed by atoms with Crippen molar-refractivity contribution in [2.24, 2.45) is 0 Å².